The molecule has 8 heteroatoms. The minimum Gasteiger partial charge on any atom is -0.454 e. The van der Waals surface area contributed by atoms with Crippen LogP contribution in [0.3, 0.4) is 0 Å². The zero-order chi connectivity index (χ0) is 17.6. The molecule has 0 unspecified atom stereocenters. The molecule has 0 radical (unpaired) electrons. The van der Waals surface area contributed by atoms with Gasteiger partial charge >= 0.3 is 0 Å². The monoisotopic (exact) mass is 401 g/mol. The van der Waals surface area contributed by atoms with E-state index in [9.17, 15) is 10.1 Å². The second-order valence-electron chi connectivity index (χ2n) is 5.56. The summed E-state index contributed by atoms with van der Waals surface area (Å²) in [5.74, 6) is 0.856. The molecule has 4 rings (SSSR count). The molecule has 25 heavy (non-hydrogen) atoms. The van der Waals surface area contributed by atoms with Crippen molar-refractivity contribution in [3.8, 4) is 28.4 Å². The van der Waals surface area contributed by atoms with E-state index in [1.165, 1.54) is 6.07 Å². The molecule has 1 aliphatic heterocycles. The second-order valence-corrected chi connectivity index (χ2v) is 6.42. The van der Waals surface area contributed by atoms with Crippen LogP contribution < -0.4 is 9.47 Å². The number of benzene rings is 2. The summed E-state index contributed by atoms with van der Waals surface area (Å²) in [5.41, 5.74) is 2.80. The predicted molar refractivity (Wildman–Crippen MR) is 94.2 cm³/mol. The summed E-state index contributed by atoms with van der Waals surface area (Å²) in [4.78, 5) is 11.1. The van der Waals surface area contributed by atoms with Gasteiger partial charge in [0, 0.05) is 10.5 Å². The van der Waals surface area contributed by atoms with Crippen molar-refractivity contribution in [2.45, 2.75) is 6.92 Å². The summed E-state index contributed by atoms with van der Waals surface area (Å²) < 4.78 is 13.1. The fourth-order valence-electron chi connectivity index (χ4n) is 2.77. The van der Waals surface area contributed by atoms with Crippen molar-refractivity contribution in [2.75, 3.05) is 6.79 Å². The molecule has 2 heterocycles. The van der Waals surface area contributed by atoms with Crippen LogP contribution in [-0.2, 0) is 0 Å². The molecule has 0 saturated heterocycles. The van der Waals surface area contributed by atoms with Gasteiger partial charge in [0.1, 0.15) is 0 Å². The number of hydrogen-bond donors (Lipinski definition) is 0. The standard InChI is InChI=1S/C17H12BrN3O4/c1-10-2-3-12(18)15(6-10)20-13(4-5-19-20)11-7-16-17(25-9-24-16)8-14(11)21(22)23/h2-8H,9H2,1H3. The molecule has 0 spiro atoms. The lowest BCUT2D eigenvalue weighted by Crippen LogP contribution is -2.02. The molecule has 0 N–H and O–H groups in total. The van der Waals surface area contributed by atoms with Crippen molar-refractivity contribution in [1.82, 2.24) is 9.78 Å². The van der Waals surface area contributed by atoms with E-state index in [1.807, 2.05) is 25.1 Å². The first-order valence-electron chi connectivity index (χ1n) is 7.43. The van der Waals surface area contributed by atoms with Gasteiger partial charge in [-0.15, -0.1) is 0 Å². The fourth-order valence-corrected chi connectivity index (χ4v) is 3.19. The first kappa shape index (κ1) is 15.6. The van der Waals surface area contributed by atoms with Crippen molar-refractivity contribution in [3.05, 3.63) is 62.7 Å². The van der Waals surface area contributed by atoms with Crippen molar-refractivity contribution in [1.29, 1.82) is 0 Å². The van der Waals surface area contributed by atoms with Crippen LogP contribution in [0.1, 0.15) is 5.56 Å². The molecular weight excluding hydrogens is 390 g/mol. The lowest BCUT2D eigenvalue weighted by Gasteiger charge is -2.11. The van der Waals surface area contributed by atoms with Crippen LogP contribution in [-0.4, -0.2) is 21.5 Å². The lowest BCUT2D eigenvalue weighted by molar-refractivity contribution is -0.384. The Kier molecular flexibility index (Phi) is 3.69. The third-order valence-corrected chi connectivity index (χ3v) is 4.61. The average molecular weight is 402 g/mol. The smallest absolute Gasteiger partial charge is 0.282 e. The van der Waals surface area contributed by atoms with Crippen LogP contribution in [0.5, 0.6) is 11.5 Å². The zero-order valence-corrected chi connectivity index (χ0v) is 14.7. The summed E-state index contributed by atoms with van der Waals surface area (Å²) in [6, 6.07) is 10.6. The minimum atomic E-state index is -0.431. The number of nitro benzene ring substituents is 1. The molecule has 1 aromatic heterocycles. The quantitative estimate of drug-likeness (QED) is 0.484. The highest BCUT2D eigenvalue weighted by Gasteiger charge is 2.26. The minimum absolute atomic E-state index is 0.0542. The normalized spacial score (nSPS) is 12.4. The Morgan fingerprint density at radius 1 is 1.20 bits per heavy atom. The van der Waals surface area contributed by atoms with Gasteiger partial charge in [0.25, 0.3) is 5.69 Å². The van der Waals surface area contributed by atoms with Gasteiger partial charge in [-0.1, -0.05) is 6.07 Å². The number of fused-ring (bicyclic) bond motifs is 1. The number of hydrogen-bond acceptors (Lipinski definition) is 5. The average Bonchev–Trinajstić information content (AvgIpc) is 3.23. The van der Waals surface area contributed by atoms with E-state index in [2.05, 4.69) is 21.0 Å². The highest BCUT2D eigenvalue weighted by Crippen LogP contribution is 2.42. The van der Waals surface area contributed by atoms with Crippen LogP contribution in [0.25, 0.3) is 16.9 Å². The largest absolute Gasteiger partial charge is 0.454 e. The summed E-state index contributed by atoms with van der Waals surface area (Å²) in [6.07, 6.45) is 1.61. The predicted octanol–water partition coefficient (Wildman–Crippen LogP) is 4.25. The third-order valence-electron chi connectivity index (χ3n) is 3.94. The SMILES string of the molecule is Cc1ccc(Br)c(-n2nccc2-c2cc3c(cc2[N+](=O)[O-])OCO3)c1. The van der Waals surface area contributed by atoms with Crippen LogP contribution in [0.4, 0.5) is 5.69 Å². The Morgan fingerprint density at radius 2 is 1.96 bits per heavy atom. The van der Waals surface area contributed by atoms with E-state index in [1.54, 1.807) is 23.0 Å². The Labute approximate surface area is 151 Å². The first-order valence-corrected chi connectivity index (χ1v) is 8.23. The number of aromatic nitrogens is 2. The van der Waals surface area contributed by atoms with E-state index in [-0.39, 0.29) is 12.5 Å². The molecular formula is C17H12BrN3O4. The maximum atomic E-state index is 11.6. The molecule has 0 atom stereocenters. The van der Waals surface area contributed by atoms with Gasteiger partial charge in [0.15, 0.2) is 11.5 Å². The van der Waals surface area contributed by atoms with E-state index in [0.29, 0.717) is 22.8 Å². The molecule has 1 aliphatic rings. The molecule has 3 aromatic rings. The van der Waals surface area contributed by atoms with Gasteiger partial charge in [-0.05, 0) is 46.6 Å². The maximum absolute atomic E-state index is 11.6. The highest BCUT2D eigenvalue weighted by atomic mass is 79.9. The Bertz CT molecular complexity index is 1000. The number of nitrogens with zero attached hydrogens (tertiary/aromatic N) is 3. The fraction of sp³-hybridized carbons (Fsp3) is 0.118. The maximum Gasteiger partial charge on any atom is 0.282 e. The molecule has 7 nitrogen and oxygen atoms in total. The summed E-state index contributed by atoms with van der Waals surface area (Å²) in [5, 5.41) is 15.9. The molecule has 0 amide bonds. The van der Waals surface area contributed by atoms with Crippen molar-refractivity contribution < 1.29 is 14.4 Å². The first-order chi connectivity index (χ1) is 12.0. The van der Waals surface area contributed by atoms with Crippen molar-refractivity contribution >= 4 is 21.6 Å². The molecule has 0 saturated carbocycles. The molecule has 2 aromatic carbocycles. The van der Waals surface area contributed by atoms with Crippen LogP contribution in [0.2, 0.25) is 0 Å². The summed E-state index contributed by atoms with van der Waals surface area (Å²) >= 11 is 3.52. The van der Waals surface area contributed by atoms with Gasteiger partial charge in [0.05, 0.1) is 34.1 Å². The van der Waals surface area contributed by atoms with E-state index in [4.69, 9.17) is 9.47 Å². The van der Waals surface area contributed by atoms with Crippen LogP contribution >= 0.6 is 15.9 Å². The van der Waals surface area contributed by atoms with Gasteiger partial charge in [0.2, 0.25) is 6.79 Å². The van der Waals surface area contributed by atoms with Crippen LogP contribution in [0.15, 0.2) is 47.1 Å². The molecule has 0 aliphatic carbocycles. The second kappa shape index (κ2) is 5.89. The summed E-state index contributed by atoms with van der Waals surface area (Å²) in [6.45, 7) is 2.03. The number of ether oxygens (including phenoxy) is 2. The van der Waals surface area contributed by atoms with E-state index >= 15 is 0 Å². The topological polar surface area (TPSA) is 79.4 Å². The Balaban J connectivity index is 1.94. The van der Waals surface area contributed by atoms with Gasteiger partial charge in [-0.3, -0.25) is 10.1 Å². The number of nitro groups is 1. The van der Waals surface area contributed by atoms with E-state index in [0.717, 1.165) is 15.7 Å². The van der Waals surface area contributed by atoms with Crippen molar-refractivity contribution in [3.63, 3.8) is 0 Å². The van der Waals surface area contributed by atoms with E-state index < -0.39 is 4.92 Å². The van der Waals surface area contributed by atoms with Gasteiger partial charge in [-0.25, -0.2) is 4.68 Å². The Hall–Kier alpha value is -2.87. The Morgan fingerprint density at radius 3 is 2.72 bits per heavy atom. The van der Waals surface area contributed by atoms with Gasteiger partial charge in [-0.2, -0.15) is 5.10 Å². The number of halogens is 1. The molecule has 126 valence electrons. The summed E-state index contributed by atoms with van der Waals surface area (Å²) in [7, 11) is 0. The molecule has 0 fully saturated rings. The highest BCUT2D eigenvalue weighted by molar-refractivity contribution is 9.10. The van der Waals surface area contributed by atoms with Crippen LogP contribution in [0, 0.1) is 17.0 Å². The molecule has 0 bridgehead atoms. The lowest BCUT2D eigenvalue weighted by atomic mass is 10.1. The number of rotatable bonds is 3. The zero-order valence-electron chi connectivity index (χ0n) is 13.1. The third kappa shape index (κ3) is 2.64. The van der Waals surface area contributed by atoms with Crippen molar-refractivity contribution in [2.24, 2.45) is 0 Å². The number of aryl methyl sites for hydroxylation is 1. The van der Waals surface area contributed by atoms with Gasteiger partial charge < -0.3 is 9.47 Å².